The third-order valence-corrected chi connectivity index (χ3v) is 4.76. The summed E-state index contributed by atoms with van der Waals surface area (Å²) in [5.74, 6) is 2.38. The van der Waals surface area contributed by atoms with Crippen molar-refractivity contribution in [3.63, 3.8) is 0 Å². The molecule has 0 amide bonds. The van der Waals surface area contributed by atoms with Gasteiger partial charge in [-0.2, -0.15) is 0 Å². The number of thioether (sulfide) groups is 1. The van der Waals surface area contributed by atoms with Crippen LogP contribution in [0.1, 0.15) is 12.6 Å². The van der Waals surface area contributed by atoms with Gasteiger partial charge in [0.15, 0.2) is 5.69 Å². The predicted molar refractivity (Wildman–Crippen MR) is 110 cm³/mol. The molecule has 0 saturated carbocycles. The quantitative estimate of drug-likeness (QED) is 0.605. The number of aromatic nitrogens is 3. The number of nitrogens with zero attached hydrogens (tertiary/aromatic N) is 3. The zero-order chi connectivity index (χ0) is 19.1. The Kier molecular flexibility index (Phi) is 6.73. The molecular formula is C19H19ClN4O2S. The van der Waals surface area contributed by atoms with Gasteiger partial charge in [-0.05, 0) is 42.2 Å². The molecule has 1 aromatic heterocycles. The van der Waals surface area contributed by atoms with Crippen molar-refractivity contribution in [1.82, 2.24) is 14.8 Å². The molecule has 0 atom stereocenters. The van der Waals surface area contributed by atoms with Crippen LogP contribution in [0.3, 0.4) is 0 Å². The van der Waals surface area contributed by atoms with E-state index in [0.717, 1.165) is 11.4 Å². The van der Waals surface area contributed by atoms with Crippen molar-refractivity contribution >= 4 is 35.0 Å². The number of benzene rings is 2. The first-order valence-electron chi connectivity index (χ1n) is 8.42. The third-order valence-electron chi connectivity index (χ3n) is 3.66. The van der Waals surface area contributed by atoms with Crippen molar-refractivity contribution in [2.45, 2.75) is 19.4 Å². The molecule has 0 aliphatic heterocycles. The summed E-state index contributed by atoms with van der Waals surface area (Å²) >= 11 is 7.49. The van der Waals surface area contributed by atoms with Gasteiger partial charge < -0.3 is 10.1 Å². The summed E-state index contributed by atoms with van der Waals surface area (Å²) in [5.41, 5.74) is 0.866. The van der Waals surface area contributed by atoms with Crippen molar-refractivity contribution in [3.05, 3.63) is 75.7 Å². The highest BCUT2D eigenvalue weighted by Crippen LogP contribution is 2.17. The zero-order valence-corrected chi connectivity index (χ0v) is 16.3. The Morgan fingerprint density at radius 1 is 1.11 bits per heavy atom. The van der Waals surface area contributed by atoms with Gasteiger partial charge in [0, 0.05) is 10.7 Å². The summed E-state index contributed by atoms with van der Waals surface area (Å²) in [7, 11) is 0. The number of para-hydroxylation sites is 1. The first-order chi connectivity index (χ1) is 13.2. The number of hydrogen-bond donors (Lipinski definition) is 1. The fraction of sp³-hybridized carbons (Fsp3) is 0.211. The summed E-state index contributed by atoms with van der Waals surface area (Å²) in [6.07, 6.45) is 0. The summed E-state index contributed by atoms with van der Waals surface area (Å²) < 4.78 is 7.22. The highest BCUT2D eigenvalue weighted by molar-refractivity contribution is 7.98. The lowest BCUT2D eigenvalue weighted by Crippen LogP contribution is -2.29. The predicted octanol–water partition coefficient (Wildman–Crippen LogP) is 4.32. The van der Waals surface area contributed by atoms with Gasteiger partial charge in [0.1, 0.15) is 12.4 Å². The molecule has 3 aromatic rings. The molecule has 1 N–H and O–H groups in total. The lowest BCUT2D eigenvalue weighted by Gasteiger charge is -2.14. The lowest BCUT2D eigenvalue weighted by atomic mass is 10.3. The van der Waals surface area contributed by atoms with Crippen LogP contribution in [0.5, 0.6) is 5.75 Å². The Morgan fingerprint density at radius 3 is 2.56 bits per heavy atom. The van der Waals surface area contributed by atoms with E-state index in [9.17, 15) is 4.79 Å². The van der Waals surface area contributed by atoms with Gasteiger partial charge in [0.05, 0.1) is 5.88 Å². The van der Waals surface area contributed by atoms with Crippen LogP contribution in [0.25, 0.3) is 0 Å². The minimum atomic E-state index is -0.224. The normalized spacial score (nSPS) is 10.6. The molecule has 8 heteroatoms. The minimum absolute atomic E-state index is 0.0376. The number of ether oxygens (including phenoxy) is 1. The molecule has 3 rings (SSSR count). The van der Waals surface area contributed by atoms with Crippen LogP contribution in [0, 0.1) is 0 Å². The Hall–Kier alpha value is -2.51. The fourth-order valence-electron chi connectivity index (χ4n) is 2.27. The van der Waals surface area contributed by atoms with E-state index in [-0.39, 0.29) is 17.9 Å². The van der Waals surface area contributed by atoms with Gasteiger partial charge in [-0.1, -0.05) is 36.7 Å². The molecule has 0 unspecified atom stereocenters. The van der Waals surface area contributed by atoms with Crippen LogP contribution in [0.2, 0.25) is 5.02 Å². The second kappa shape index (κ2) is 9.43. The maximum atomic E-state index is 12.9. The van der Waals surface area contributed by atoms with E-state index in [2.05, 4.69) is 15.5 Å². The minimum Gasteiger partial charge on any atom is -0.487 e. The van der Waals surface area contributed by atoms with Crippen LogP contribution in [-0.4, -0.2) is 20.5 Å². The van der Waals surface area contributed by atoms with Crippen LogP contribution < -0.4 is 15.6 Å². The second-order valence-electron chi connectivity index (χ2n) is 5.56. The summed E-state index contributed by atoms with van der Waals surface area (Å²) in [4.78, 5) is 12.9. The highest BCUT2D eigenvalue weighted by atomic mass is 35.5. The van der Waals surface area contributed by atoms with Crippen LogP contribution in [-0.2, 0) is 12.5 Å². The smallest absolute Gasteiger partial charge is 0.281 e. The van der Waals surface area contributed by atoms with E-state index in [1.807, 2.05) is 37.3 Å². The Balaban J connectivity index is 1.82. The van der Waals surface area contributed by atoms with E-state index >= 15 is 0 Å². The van der Waals surface area contributed by atoms with Gasteiger partial charge in [-0.15, -0.1) is 22.0 Å². The molecule has 0 aliphatic rings. The summed E-state index contributed by atoms with van der Waals surface area (Å²) in [5, 5.41) is 12.0. The van der Waals surface area contributed by atoms with E-state index in [0.29, 0.717) is 22.6 Å². The van der Waals surface area contributed by atoms with Crippen LogP contribution in [0.4, 0.5) is 11.6 Å². The van der Waals surface area contributed by atoms with Crippen molar-refractivity contribution in [2.75, 3.05) is 11.1 Å². The first-order valence-corrected chi connectivity index (χ1v) is 9.95. The fourth-order valence-corrected chi connectivity index (χ4v) is 3.01. The lowest BCUT2D eigenvalue weighted by molar-refractivity contribution is 0.296. The largest absolute Gasteiger partial charge is 0.487 e. The van der Waals surface area contributed by atoms with Gasteiger partial charge in [-0.25, -0.2) is 0 Å². The number of hydrogen-bond acceptors (Lipinski definition) is 6. The average molecular weight is 403 g/mol. The first kappa shape index (κ1) is 19.3. The van der Waals surface area contributed by atoms with Crippen LogP contribution >= 0.6 is 23.4 Å². The highest BCUT2D eigenvalue weighted by Gasteiger charge is 2.13. The summed E-state index contributed by atoms with van der Waals surface area (Å²) in [6, 6.07) is 16.5. The molecule has 0 aliphatic carbocycles. The van der Waals surface area contributed by atoms with Gasteiger partial charge >= 0.3 is 0 Å². The zero-order valence-electron chi connectivity index (χ0n) is 14.8. The standard InChI is InChI=1S/C19H19ClN4O2S/c1-2-27-13-24-18(25)17(12-26-16-10-8-14(20)9-11-16)22-23-19(24)21-15-6-4-3-5-7-15/h3-11H,2,12-13H2,1H3,(H,21,23). The average Bonchev–Trinajstić information content (AvgIpc) is 2.69. The van der Waals surface area contributed by atoms with Crippen molar-refractivity contribution in [2.24, 2.45) is 0 Å². The molecule has 140 valence electrons. The number of anilines is 2. The van der Waals surface area contributed by atoms with E-state index in [4.69, 9.17) is 16.3 Å². The van der Waals surface area contributed by atoms with E-state index < -0.39 is 0 Å². The van der Waals surface area contributed by atoms with Gasteiger partial charge in [0.2, 0.25) is 5.95 Å². The number of halogens is 1. The molecule has 0 radical (unpaired) electrons. The Morgan fingerprint density at radius 2 is 1.85 bits per heavy atom. The Bertz CT molecular complexity index is 933. The number of rotatable bonds is 8. The maximum absolute atomic E-state index is 12.9. The second-order valence-corrected chi connectivity index (χ2v) is 7.24. The summed E-state index contributed by atoms with van der Waals surface area (Å²) in [6.45, 7) is 2.08. The van der Waals surface area contributed by atoms with Crippen molar-refractivity contribution in [1.29, 1.82) is 0 Å². The molecule has 0 bridgehead atoms. The topological polar surface area (TPSA) is 69.0 Å². The third kappa shape index (κ3) is 5.24. The number of nitrogens with one attached hydrogen (secondary N) is 1. The Labute approximate surface area is 166 Å². The van der Waals surface area contributed by atoms with Gasteiger partial charge in [0.25, 0.3) is 5.56 Å². The molecule has 1 heterocycles. The molecule has 2 aromatic carbocycles. The maximum Gasteiger partial charge on any atom is 0.281 e. The van der Waals surface area contributed by atoms with E-state index in [1.54, 1.807) is 40.6 Å². The van der Waals surface area contributed by atoms with Gasteiger partial charge in [-0.3, -0.25) is 9.36 Å². The van der Waals surface area contributed by atoms with E-state index in [1.165, 1.54) is 0 Å². The monoisotopic (exact) mass is 402 g/mol. The molecule has 0 fully saturated rings. The molecule has 6 nitrogen and oxygen atoms in total. The van der Waals surface area contributed by atoms with Crippen molar-refractivity contribution in [3.8, 4) is 5.75 Å². The molecule has 27 heavy (non-hydrogen) atoms. The SMILES string of the molecule is CCSCn1c(Nc2ccccc2)nnc(COc2ccc(Cl)cc2)c1=O. The molecule has 0 spiro atoms. The van der Waals surface area contributed by atoms with Crippen LogP contribution in [0.15, 0.2) is 59.4 Å². The molecular weight excluding hydrogens is 384 g/mol. The molecule has 0 saturated heterocycles. The van der Waals surface area contributed by atoms with Crippen molar-refractivity contribution < 1.29 is 4.74 Å².